The Labute approximate surface area is 93.2 Å². The maximum absolute atomic E-state index is 10.0. The molecular weight excluding hydrogens is 234 g/mol. The summed E-state index contributed by atoms with van der Waals surface area (Å²) in [5, 5.41) is 9.33. The van der Waals surface area contributed by atoms with Gasteiger partial charge in [0.15, 0.2) is 0 Å². The highest BCUT2D eigenvalue weighted by Gasteiger charge is 1.95. The molecule has 0 spiro atoms. The van der Waals surface area contributed by atoms with Crippen LogP contribution in [0.3, 0.4) is 0 Å². The van der Waals surface area contributed by atoms with Crippen molar-refractivity contribution in [1.82, 2.24) is 0 Å². The summed E-state index contributed by atoms with van der Waals surface area (Å²) in [6.45, 7) is -0.286. The highest BCUT2D eigenvalue weighted by Crippen LogP contribution is 2.12. The van der Waals surface area contributed by atoms with Gasteiger partial charge in [-0.25, -0.2) is 8.42 Å². The largest absolute Gasteiger partial charge is 0.726 e. The average Bonchev–Trinajstić information content (AvgIpc) is 2.18. The number of phenolic OH excluding ortho intramolecular Hbond substituents is 1. The lowest BCUT2D eigenvalue weighted by Gasteiger charge is -2.04. The molecule has 0 bridgehead atoms. The van der Waals surface area contributed by atoms with Crippen molar-refractivity contribution in [3.8, 4) is 5.75 Å². The second-order valence-corrected chi connectivity index (χ2v) is 3.88. The van der Waals surface area contributed by atoms with Gasteiger partial charge in [-0.3, -0.25) is 9.18 Å². The monoisotopic (exact) mass is 244 g/mol. The number of hydrogen-bond donors (Lipinski definition) is 1. The van der Waals surface area contributed by atoms with Crippen LogP contribution >= 0.6 is 0 Å². The van der Waals surface area contributed by atoms with Crippen molar-refractivity contribution < 1.29 is 22.3 Å². The molecule has 0 aromatic heterocycles. The maximum atomic E-state index is 10.0. The standard InChI is InChI=1S/C9H11NO5S/c11-9-4-2-1-3-8(9)7-10-5-6-15-16(12,13)14/h1-4,7,11H,5-6H2,(H,12,13,14)/p-1. The van der Waals surface area contributed by atoms with Crippen molar-refractivity contribution in [3.05, 3.63) is 29.8 Å². The molecular formula is C9H10NO5S-. The summed E-state index contributed by atoms with van der Waals surface area (Å²) >= 11 is 0. The Balaban J connectivity index is 2.42. The molecule has 0 fully saturated rings. The molecule has 0 radical (unpaired) electrons. The summed E-state index contributed by atoms with van der Waals surface area (Å²) in [6, 6.07) is 6.53. The lowest BCUT2D eigenvalue weighted by Crippen LogP contribution is -2.07. The van der Waals surface area contributed by atoms with Crippen LogP contribution < -0.4 is 0 Å². The quantitative estimate of drug-likeness (QED) is 0.347. The van der Waals surface area contributed by atoms with Crippen molar-refractivity contribution in [2.24, 2.45) is 4.99 Å². The molecule has 0 amide bonds. The van der Waals surface area contributed by atoms with Crippen LogP contribution in [0.1, 0.15) is 5.56 Å². The van der Waals surface area contributed by atoms with E-state index in [1.165, 1.54) is 12.3 Å². The molecule has 1 aromatic carbocycles. The molecule has 0 aliphatic rings. The molecule has 0 saturated heterocycles. The number of aromatic hydroxyl groups is 1. The topological polar surface area (TPSA) is 99.0 Å². The smallest absolute Gasteiger partial charge is 0.217 e. The first-order chi connectivity index (χ1) is 7.49. The number of nitrogens with zero attached hydrogens (tertiary/aromatic N) is 1. The molecule has 7 heteroatoms. The van der Waals surface area contributed by atoms with Gasteiger partial charge in [-0.2, -0.15) is 0 Å². The molecule has 1 N–H and O–H groups in total. The maximum Gasteiger partial charge on any atom is 0.217 e. The van der Waals surface area contributed by atoms with Crippen molar-refractivity contribution in [1.29, 1.82) is 0 Å². The summed E-state index contributed by atoms with van der Waals surface area (Å²) < 4.78 is 34.1. The Kier molecular flexibility index (Phi) is 4.41. The van der Waals surface area contributed by atoms with Crippen LogP contribution in [0.5, 0.6) is 5.75 Å². The van der Waals surface area contributed by atoms with Gasteiger partial charge in [0.05, 0.1) is 13.2 Å². The highest BCUT2D eigenvalue weighted by atomic mass is 32.3. The first kappa shape index (κ1) is 12.6. The first-order valence-corrected chi connectivity index (χ1v) is 5.70. The fourth-order valence-corrected chi connectivity index (χ4v) is 1.23. The van der Waals surface area contributed by atoms with Crippen LogP contribution in [-0.2, 0) is 14.6 Å². The fraction of sp³-hybridized carbons (Fsp3) is 0.222. The van der Waals surface area contributed by atoms with E-state index in [1.807, 2.05) is 0 Å². The summed E-state index contributed by atoms with van der Waals surface area (Å²) in [4.78, 5) is 3.79. The lowest BCUT2D eigenvalue weighted by molar-refractivity contribution is 0.269. The molecule has 0 aliphatic carbocycles. The highest BCUT2D eigenvalue weighted by molar-refractivity contribution is 7.80. The van der Waals surface area contributed by atoms with Crippen LogP contribution in [-0.4, -0.2) is 37.4 Å². The van der Waals surface area contributed by atoms with Gasteiger partial charge in [0.25, 0.3) is 0 Å². The third-order valence-electron chi connectivity index (χ3n) is 1.62. The fourth-order valence-electron chi connectivity index (χ4n) is 0.952. The van der Waals surface area contributed by atoms with Crippen molar-refractivity contribution in [2.45, 2.75) is 0 Å². The number of hydrogen-bond acceptors (Lipinski definition) is 6. The van der Waals surface area contributed by atoms with E-state index in [2.05, 4.69) is 9.18 Å². The van der Waals surface area contributed by atoms with Gasteiger partial charge < -0.3 is 9.66 Å². The van der Waals surface area contributed by atoms with E-state index in [0.29, 0.717) is 5.56 Å². The van der Waals surface area contributed by atoms with Crippen LogP contribution in [0.4, 0.5) is 0 Å². The second-order valence-electron chi connectivity index (χ2n) is 2.82. The zero-order chi connectivity index (χ0) is 12.0. The molecule has 1 rings (SSSR count). The van der Waals surface area contributed by atoms with Gasteiger partial charge in [-0.05, 0) is 12.1 Å². The first-order valence-electron chi connectivity index (χ1n) is 4.37. The van der Waals surface area contributed by atoms with Crippen molar-refractivity contribution in [2.75, 3.05) is 13.2 Å². The van der Waals surface area contributed by atoms with Gasteiger partial charge in [0.2, 0.25) is 10.4 Å². The molecule has 16 heavy (non-hydrogen) atoms. The molecule has 0 atom stereocenters. The van der Waals surface area contributed by atoms with Crippen molar-refractivity contribution >= 4 is 16.6 Å². The molecule has 88 valence electrons. The summed E-state index contributed by atoms with van der Waals surface area (Å²) in [5.41, 5.74) is 0.507. The number of para-hydroxylation sites is 1. The Hall–Kier alpha value is -1.44. The van der Waals surface area contributed by atoms with Crippen LogP contribution in [0.25, 0.3) is 0 Å². The summed E-state index contributed by atoms with van der Waals surface area (Å²) in [5.74, 6) is 0.0728. The Morgan fingerprint density at radius 2 is 2.12 bits per heavy atom. The van der Waals surface area contributed by atoms with Gasteiger partial charge in [0.1, 0.15) is 5.75 Å². The molecule has 0 aliphatic heterocycles. The minimum atomic E-state index is -4.65. The van der Waals surface area contributed by atoms with Crippen LogP contribution in [0.2, 0.25) is 0 Å². The Morgan fingerprint density at radius 1 is 1.44 bits per heavy atom. The Morgan fingerprint density at radius 3 is 2.75 bits per heavy atom. The number of rotatable bonds is 5. The van der Waals surface area contributed by atoms with E-state index in [9.17, 15) is 18.1 Å². The van der Waals surface area contributed by atoms with E-state index >= 15 is 0 Å². The third-order valence-corrected chi connectivity index (χ3v) is 2.07. The van der Waals surface area contributed by atoms with Crippen molar-refractivity contribution in [3.63, 3.8) is 0 Å². The zero-order valence-corrected chi connectivity index (χ0v) is 9.05. The van der Waals surface area contributed by atoms with Gasteiger partial charge in [0, 0.05) is 11.8 Å². The second kappa shape index (κ2) is 5.59. The van der Waals surface area contributed by atoms with Gasteiger partial charge >= 0.3 is 0 Å². The summed E-state index contributed by atoms with van der Waals surface area (Å²) in [7, 11) is -4.65. The van der Waals surface area contributed by atoms with E-state index in [0.717, 1.165) is 0 Å². The van der Waals surface area contributed by atoms with E-state index in [-0.39, 0.29) is 18.9 Å². The predicted molar refractivity (Wildman–Crippen MR) is 56.2 cm³/mol. The van der Waals surface area contributed by atoms with Crippen LogP contribution in [0.15, 0.2) is 29.3 Å². The summed E-state index contributed by atoms with van der Waals surface area (Å²) in [6.07, 6.45) is 1.37. The van der Waals surface area contributed by atoms with E-state index in [1.54, 1.807) is 18.2 Å². The minimum Gasteiger partial charge on any atom is -0.726 e. The molecule has 6 nitrogen and oxygen atoms in total. The van der Waals surface area contributed by atoms with Gasteiger partial charge in [-0.1, -0.05) is 12.1 Å². The molecule has 1 aromatic rings. The number of benzene rings is 1. The number of aliphatic imine (C=N–C) groups is 1. The molecule has 0 saturated carbocycles. The normalized spacial score (nSPS) is 12.1. The Bertz CT molecular complexity index is 469. The third kappa shape index (κ3) is 4.87. The van der Waals surface area contributed by atoms with E-state index < -0.39 is 10.4 Å². The number of phenols is 1. The molecule has 0 heterocycles. The predicted octanol–water partition coefficient (Wildman–Crippen LogP) is 0.288. The van der Waals surface area contributed by atoms with Crippen LogP contribution in [0, 0.1) is 0 Å². The van der Waals surface area contributed by atoms with Gasteiger partial charge in [-0.15, -0.1) is 0 Å². The minimum absolute atomic E-state index is 0.0236. The SMILES string of the molecule is O=S(=O)([O-])OCCN=Cc1ccccc1O. The average molecular weight is 244 g/mol. The van der Waals surface area contributed by atoms with E-state index in [4.69, 9.17) is 0 Å². The molecule has 0 unspecified atom stereocenters. The lowest BCUT2D eigenvalue weighted by atomic mass is 10.2. The zero-order valence-electron chi connectivity index (χ0n) is 8.24.